The standard InChI is InChI=1S/C15H19BrN2/c1-18(12-6-2-5-11-16)15-10-9-13-7-3-4-8-14(13)17-15/h3-4,7-10H,2,5-6,11-12H2,1H3. The van der Waals surface area contributed by atoms with Crippen LogP contribution in [0.15, 0.2) is 36.4 Å². The largest absolute Gasteiger partial charge is 0.360 e. The van der Waals surface area contributed by atoms with Gasteiger partial charge in [0.1, 0.15) is 5.82 Å². The summed E-state index contributed by atoms with van der Waals surface area (Å²) in [6.45, 7) is 1.07. The molecule has 0 saturated heterocycles. The van der Waals surface area contributed by atoms with Gasteiger partial charge in [0.05, 0.1) is 5.52 Å². The summed E-state index contributed by atoms with van der Waals surface area (Å²) in [6.07, 6.45) is 3.73. The minimum absolute atomic E-state index is 1.06. The van der Waals surface area contributed by atoms with Crippen LogP contribution in [0.5, 0.6) is 0 Å². The Bertz CT molecular complexity index is 499. The average molecular weight is 307 g/mol. The fourth-order valence-electron chi connectivity index (χ4n) is 2.00. The Kier molecular flexibility index (Phi) is 5.00. The Morgan fingerprint density at radius 3 is 2.72 bits per heavy atom. The number of alkyl halides is 1. The number of aromatic nitrogens is 1. The summed E-state index contributed by atoms with van der Waals surface area (Å²) in [5, 5.41) is 2.30. The fraction of sp³-hybridized carbons (Fsp3) is 0.400. The molecule has 0 fully saturated rings. The van der Waals surface area contributed by atoms with Gasteiger partial charge in [0, 0.05) is 24.3 Å². The van der Waals surface area contributed by atoms with Gasteiger partial charge in [-0.15, -0.1) is 0 Å². The molecule has 96 valence electrons. The molecule has 0 N–H and O–H groups in total. The van der Waals surface area contributed by atoms with Crippen molar-refractivity contribution >= 4 is 32.7 Å². The lowest BCUT2D eigenvalue weighted by atomic mass is 10.2. The zero-order valence-electron chi connectivity index (χ0n) is 10.8. The van der Waals surface area contributed by atoms with Crippen molar-refractivity contribution in [2.75, 3.05) is 23.8 Å². The number of para-hydroxylation sites is 1. The van der Waals surface area contributed by atoms with E-state index in [0.29, 0.717) is 0 Å². The zero-order chi connectivity index (χ0) is 12.8. The number of nitrogens with zero attached hydrogens (tertiary/aromatic N) is 2. The van der Waals surface area contributed by atoms with Crippen LogP contribution in [0.25, 0.3) is 10.9 Å². The van der Waals surface area contributed by atoms with E-state index in [1.807, 2.05) is 12.1 Å². The highest BCUT2D eigenvalue weighted by Gasteiger charge is 2.03. The number of hydrogen-bond acceptors (Lipinski definition) is 2. The quantitative estimate of drug-likeness (QED) is 0.586. The average Bonchev–Trinajstić information content (AvgIpc) is 2.43. The molecule has 0 amide bonds. The second-order valence-corrected chi connectivity index (χ2v) is 5.33. The highest BCUT2D eigenvalue weighted by Crippen LogP contribution is 2.17. The van der Waals surface area contributed by atoms with Crippen molar-refractivity contribution < 1.29 is 0 Å². The summed E-state index contributed by atoms with van der Waals surface area (Å²) >= 11 is 3.46. The van der Waals surface area contributed by atoms with Gasteiger partial charge in [-0.3, -0.25) is 0 Å². The molecule has 0 aliphatic heterocycles. The molecule has 1 aromatic carbocycles. The number of unbranched alkanes of at least 4 members (excludes halogenated alkanes) is 2. The minimum Gasteiger partial charge on any atom is -0.360 e. The number of pyridine rings is 1. The summed E-state index contributed by atoms with van der Waals surface area (Å²) in [6, 6.07) is 12.5. The van der Waals surface area contributed by atoms with E-state index >= 15 is 0 Å². The minimum atomic E-state index is 1.06. The third-order valence-electron chi connectivity index (χ3n) is 3.10. The SMILES string of the molecule is CN(CCCCCBr)c1ccc2ccccc2n1. The maximum atomic E-state index is 4.69. The van der Waals surface area contributed by atoms with Gasteiger partial charge in [0.25, 0.3) is 0 Å². The molecule has 2 aromatic rings. The van der Waals surface area contributed by atoms with E-state index in [4.69, 9.17) is 4.98 Å². The van der Waals surface area contributed by atoms with Gasteiger partial charge >= 0.3 is 0 Å². The molecule has 0 spiro atoms. The summed E-state index contributed by atoms with van der Waals surface area (Å²) < 4.78 is 0. The predicted molar refractivity (Wildman–Crippen MR) is 82.7 cm³/mol. The van der Waals surface area contributed by atoms with Crippen LogP contribution in [0.1, 0.15) is 19.3 Å². The van der Waals surface area contributed by atoms with Crippen molar-refractivity contribution in [1.82, 2.24) is 4.98 Å². The van der Waals surface area contributed by atoms with E-state index in [1.165, 1.54) is 24.6 Å². The highest BCUT2D eigenvalue weighted by molar-refractivity contribution is 9.09. The molecular weight excluding hydrogens is 288 g/mol. The normalized spacial score (nSPS) is 10.8. The van der Waals surface area contributed by atoms with Gasteiger partial charge in [-0.1, -0.05) is 40.5 Å². The summed E-state index contributed by atoms with van der Waals surface area (Å²) in [5.74, 6) is 1.06. The van der Waals surface area contributed by atoms with Crippen LogP contribution in [-0.4, -0.2) is 23.9 Å². The molecule has 2 rings (SSSR count). The zero-order valence-corrected chi connectivity index (χ0v) is 12.4. The summed E-state index contributed by atoms with van der Waals surface area (Å²) in [5.41, 5.74) is 1.07. The van der Waals surface area contributed by atoms with Crippen LogP contribution in [0, 0.1) is 0 Å². The number of halogens is 1. The van der Waals surface area contributed by atoms with Crippen LogP contribution in [0.2, 0.25) is 0 Å². The molecule has 0 aliphatic rings. The molecule has 0 saturated carbocycles. The molecule has 1 aromatic heterocycles. The molecule has 0 unspecified atom stereocenters. The van der Waals surface area contributed by atoms with E-state index < -0.39 is 0 Å². The number of fused-ring (bicyclic) bond motifs is 1. The highest BCUT2D eigenvalue weighted by atomic mass is 79.9. The van der Waals surface area contributed by atoms with Gasteiger partial charge in [0.2, 0.25) is 0 Å². The Hall–Kier alpha value is -1.09. The maximum absolute atomic E-state index is 4.69. The molecule has 0 bridgehead atoms. The van der Waals surface area contributed by atoms with Crippen molar-refractivity contribution in [3.8, 4) is 0 Å². The fourth-order valence-corrected chi connectivity index (χ4v) is 2.40. The van der Waals surface area contributed by atoms with Gasteiger partial charge < -0.3 is 4.90 Å². The van der Waals surface area contributed by atoms with E-state index in [1.54, 1.807) is 0 Å². The lowest BCUT2D eigenvalue weighted by Crippen LogP contribution is -2.19. The maximum Gasteiger partial charge on any atom is 0.128 e. The Balaban J connectivity index is 2.01. The third kappa shape index (κ3) is 3.45. The van der Waals surface area contributed by atoms with E-state index in [0.717, 1.165) is 23.2 Å². The molecular formula is C15H19BrN2. The molecule has 0 atom stereocenters. The van der Waals surface area contributed by atoms with Crippen molar-refractivity contribution in [2.24, 2.45) is 0 Å². The van der Waals surface area contributed by atoms with Crippen LogP contribution in [-0.2, 0) is 0 Å². The first-order chi connectivity index (χ1) is 8.81. The molecule has 3 heteroatoms. The first-order valence-corrected chi connectivity index (χ1v) is 7.56. The van der Waals surface area contributed by atoms with E-state index in [9.17, 15) is 0 Å². The Morgan fingerprint density at radius 1 is 1.06 bits per heavy atom. The predicted octanol–water partition coefficient (Wildman–Crippen LogP) is 4.24. The second kappa shape index (κ2) is 6.74. The van der Waals surface area contributed by atoms with Crippen LogP contribution in [0.4, 0.5) is 5.82 Å². The third-order valence-corrected chi connectivity index (χ3v) is 3.66. The van der Waals surface area contributed by atoms with Gasteiger partial charge in [-0.25, -0.2) is 4.98 Å². The summed E-state index contributed by atoms with van der Waals surface area (Å²) in [4.78, 5) is 6.93. The van der Waals surface area contributed by atoms with Gasteiger partial charge in [-0.05, 0) is 31.0 Å². The van der Waals surface area contributed by atoms with Crippen molar-refractivity contribution in [1.29, 1.82) is 0 Å². The first-order valence-electron chi connectivity index (χ1n) is 6.44. The number of anilines is 1. The number of benzene rings is 1. The second-order valence-electron chi connectivity index (χ2n) is 4.53. The molecule has 1 heterocycles. The molecule has 0 aliphatic carbocycles. The van der Waals surface area contributed by atoms with Crippen LogP contribution >= 0.6 is 15.9 Å². The Labute approximate surface area is 117 Å². The first kappa shape index (κ1) is 13.3. The summed E-state index contributed by atoms with van der Waals surface area (Å²) in [7, 11) is 2.12. The van der Waals surface area contributed by atoms with Crippen molar-refractivity contribution in [3.05, 3.63) is 36.4 Å². The van der Waals surface area contributed by atoms with Crippen LogP contribution < -0.4 is 4.90 Å². The van der Waals surface area contributed by atoms with Gasteiger partial charge in [0.15, 0.2) is 0 Å². The lowest BCUT2D eigenvalue weighted by Gasteiger charge is -2.18. The van der Waals surface area contributed by atoms with Crippen molar-refractivity contribution in [2.45, 2.75) is 19.3 Å². The smallest absolute Gasteiger partial charge is 0.128 e. The molecule has 18 heavy (non-hydrogen) atoms. The monoisotopic (exact) mass is 306 g/mol. The topological polar surface area (TPSA) is 16.1 Å². The van der Waals surface area contributed by atoms with E-state index in [2.05, 4.69) is 52.1 Å². The number of rotatable bonds is 6. The van der Waals surface area contributed by atoms with E-state index in [-0.39, 0.29) is 0 Å². The van der Waals surface area contributed by atoms with Crippen molar-refractivity contribution in [3.63, 3.8) is 0 Å². The van der Waals surface area contributed by atoms with Crippen LogP contribution in [0.3, 0.4) is 0 Å². The number of hydrogen-bond donors (Lipinski definition) is 0. The Morgan fingerprint density at radius 2 is 1.89 bits per heavy atom. The lowest BCUT2D eigenvalue weighted by molar-refractivity contribution is 0.707. The molecule has 2 nitrogen and oxygen atoms in total. The molecule has 0 radical (unpaired) electrons. The van der Waals surface area contributed by atoms with Gasteiger partial charge in [-0.2, -0.15) is 0 Å².